The van der Waals surface area contributed by atoms with Crippen LogP contribution in [-0.4, -0.2) is 25.6 Å². The Morgan fingerprint density at radius 1 is 1.39 bits per heavy atom. The molecule has 1 rings (SSSR count). The van der Waals surface area contributed by atoms with Crippen molar-refractivity contribution in [1.29, 1.82) is 0 Å². The largest absolute Gasteiger partial charge is 0.356 e. The Morgan fingerprint density at radius 2 is 2.11 bits per heavy atom. The maximum atomic E-state index is 4.24. The zero-order chi connectivity index (χ0) is 13.5. The van der Waals surface area contributed by atoms with Gasteiger partial charge in [-0.1, -0.05) is 13.8 Å². The Balaban J connectivity index is 2.32. The van der Waals surface area contributed by atoms with Gasteiger partial charge in [0.1, 0.15) is 0 Å². The van der Waals surface area contributed by atoms with Crippen molar-refractivity contribution in [3.8, 4) is 0 Å². The summed E-state index contributed by atoms with van der Waals surface area (Å²) in [6.45, 7) is 7.48. The van der Waals surface area contributed by atoms with Gasteiger partial charge in [0.2, 0.25) is 0 Å². The van der Waals surface area contributed by atoms with Crippen molar-refractivity contribution in [2.24, 2.45) is 10.9 Å². The topological polar surface area (TPSA) is 36.4 Å². The van der Waals surface area contributed by atoms with E-state index in [0.717, 1.165) is 18.9 Å². The molecule has 0 aromatic carbocycles. The van der Waals surface area contributed by atoms with Gasteiger partial charge in [0, 0.05) is 24.5 Å². The summed E-state index contributed by atoms with van der Waals surface area (Å²) in [5, 5.41) is 6.73. The van der Waals surface area contributed by atoms with Gasteiger partial charge < -0.3 is 10.6 Å². The monoisotopic (exact) mass is 331 g/mol. The molecule has 0 bridgehead atoms. The first-order chi connectivity index (χ1) is 8.52. The highest BCUT2D eigenvalue weighted by Crippen LogP contribution is 2.21. The predicted molar refractivity (Wildman–Crippen MR) is 84.5 cm³/mol. The minimum atomic E-state index is 0.423. The van der Waals surface area contributed by atoms with Crippen LogP contribution in [0.2, 0.25) is 0 Å². The van der Waals surface area contributed by atoms with Crippen LogP contribution in [0.5, 0.6) is 0 Å². The van der Waals surface area contributed by atoms with Crippen molar-refractivity contribution in [3.05, 3.63) is 20.8 Å². The molecule has 0 aliphatic heterocycles. The number of halogens is 1. The van der Waals surface area contributed by atoms with E-state index in [1.54, 1.807) is 11.3 Å². The molecular formula is C13H22BrN3S. The Hall–Kier alpha value is -0.550. The molecule has 1 heterocycles. The molecule has 1 aromatic rings. The van der Waals surface area contributed by atoms with Crippen LogP contribution in [0.1, 0.15) is 25.6 Å². The van der Waals surface area contributed by atoms with Gasteiger partial charge in [0.05, 0.1) is 3.79 Å². The molecule has 0 saturated carbocycles. The maximum Gasteiger partial charge on any atom is 0.191 e. The van der Waals surface area contributed by atoms with E-state index in [2.05, 4.69) is 64.5 Å². The highest BCUT2D eigenvalue weighted by Gasteiger charge is 2.08. The van der Waals surface area contributed by atoms with Crippen molar-refractivity contribution < 1.29 is 0 Å². The number of rotatable bonds is 5. The van der Waals surface area contributed by atoms with Crippen LogP contribution in [0.4, 0.5) is 0 Å². The first kappa shape index (κ1) is 15.5. The Morgan fingerprint density at radius 3 is 2.61 bits per heavy atom. The minimum Gasteiger partial charge on any atom is -0.356 e. The molecule has 1 atom stereocenters. The maximum absolute atomic E-state index is 4.24. The summed E-state index contributed by atoms with van der Waals surface area (Å²) < 4.78 is 1.19. The Bertz CT molecular complexity index is 387. The van der Waals surface area contributed by atoms with E-state index >= 15 is 0 Å². The normalized spacial score (nSPS) is 13.8. The van der Waals surface area contributed by atoms with Crippen molar-refractivity contribution >= 4 is 33.2 Å². The molecule has 2 N–H and O–H groups in total. The van der Waals surface area contributed by atoms with Crippen LogP contribution >= 0.6 is 27.3 Å². The van der Waals surface area contributed by atoms with Gasteiger partial charge in [-0.3, -0.25) is 4.99 Å². The van der Waals surface area contributed by atoms with Crippen molar-refractivity contribution in [2.45, 2.75) is 33.2 Å². The van der Waals surface area contributed by atoms with Gasteiger partial charge in [-0.05, 0) is 47.3 Å². The molecular weight excluding hydrogens is 310 g/mol. The third-order valence-electron chi connectivity index (χ3n) is 2.88. The molecule has 0 amide bonds. The summed E-state index contributed by atoms with van der Waals surface area (Å²) in [5.74, 6) is 1.48. The molecule has 102 valence electrons. The number of hydrogen-bond donors (Lipinski definition) is 2. The molecule has 0 radical (unpaired) electrons. The summed E-state index contributed by atoms with van der Waals surface area (Å²) in [7, 11) is 1.81. The van der Waals surface area contributed by atoms with Crippen LogP contribution in [-0.2, 0) is 6.42 Å². The second-order valence-corrected chi connectivity index (χ2v) is 7.18. The number of guanidine groups is 1. The van der Waals surface area contributed by atoms with E-state index in [1.807, 2.05) is 7.05 Å². The van der Waals surface area contributed by atoms with Gasteiger partial charge in [0.25, 0.3) is 0 Å². The Labute approximate surface area is 122 Å². The molecule has 0 spiro atoms. The predicted octanol–water partition coefficient (Wildman–Crippen LogP) is 3.26. The standard InChI is InChI=1S/C13H22BrN3S/c1-9(2)10(3)17-13(15-4)16-8-7-11-5-6-12(14)18-11/h5-6,9-10H,7-8H2,1-4H3,(H2,15,16,17). The smallest absolute Gasteiger partial charge is 0.191 e. The van der Waals surface area contributed by atoms with Crippen molar-refractivity contribution in [1.82, 2.24) is 10.6 Å². The lowest BCUT2D eigenvalue weighted by Crippen LogP contribution is -2.44. The number of nitrogens with zero attached hydrogens (tertiary/aromatic N) is 1. The van der Waals surface area contributed by atoms with Crippen LogP contribution < -0.4 is 10.6 Å². The first-order valence-electron chi connectivity index (χ1n) is 6.24. The average molecular weight is 332 g/mol. The van der Waals surface area contributed by atoms with Crippen LogP contribution in [0.15, 0.2) is 20.9 Å². The zero-order valence-electron chi connectivity index (χ0n) is 11.5. The quantitative estimate of drug-likeness (QED) is 0.641. The van der Waals surface area contributed by atoms with Gasteiger partial charge in [-0.15, -0.1) is 11.3 Å². The highest BCUT2D eigenvalue weighted by atomic mass is 79.9. The summed E-state index contributed by atoms with van der Waals surface area (Å²) >= 11 is 5.26. The van der Waals surface area contributed by atoms with E-state index in [-0.39, 0.29) is 0 Å². The van der Waals surface area contributed by atoms with E-state index in [4.69, 9.17) is 0 Å². The minimum absolute atomic E-state index is 0.423. The van der Waals surface area contributed by atoms with Crippen molar-refractivity contribution in [2.75, 3.05) is 13.6 Å². The van der Waals surface area contributed by atoms with Gasteiger partial charge in [0.15, 0.2) is 5.96 Å². The van der Waals surface area contributed by atoms with Gasteiger partial charge in [-0.2, -0.15) is 0 Å². The molecule has 0 aliphatic carbocycles. The molecule has 3 nitrogen and oxygen atoms in total. The SMILES string of the molecule is CN=C(NCCc1ccc(Br)s1)NC(C)C(C)C. The van der Waals surface area contributed by atoms with Crippen LogP contribution in [0, 0.1) is 5.92 Å². The molecule has 0 aliphatic rings. The fourth-order valence-electron chi connectivity index (χ4n) is 1.37. The third-order valence-corrected chi connectivity index (χ3v) is 4.56. The fourth-order valence-corrected chi connectivity index (χ4v) is 2.85. The zero-order valence-corrected chi connectivity index (χ0v) is 13.9. The summed E-state index contributed by atoms with van der Waals surface area (Å²) in [6, 6.07) is 4.67. The third kappa shape index (κ3) is 5.40. The Kier molecular flexibility index (Phi) is 6.71. The van der Waals surface area contributed by atoms with E-state index in [0.29, 0.717) is 12.0 Å². The van der Waals surface area contributed by atoms with E-state index in [1.165, 1.54) is 8.66 Å². The lowest BCUT2D eigenvalue weighted by molar-refractivity contribution is 0.481. The summed E-state index contributed by atoms with van der Waals surface area (Å²) in [5.41, 5.74) is 0. The molecule has 0 fully saturated rings. The first-order valence-corrected chi connectivity index (χ1v) is 7.85. The fraction of sp³-hybridized carbons (Fsp3) is 0.615. The van der Waals surface area contributed by atoms with E-state index < -0.39 is 0 Å². The van der Waals surface area contributed by atoms with Crippen LogP contribution in [0.25, 0.3) is 0 Å². The molecule has 18 heavy (non-hydrogen) atoms. The lowest BCUT2D eigenvalue weighted by Gasteiger charge is -2.20. The summed E-state index contributed by atoms with van der Waals surface area (Å²) in [4.78, 5) is 5.61. The van der Waals surface area contributed by atoms with Gasteiger partial charge in [-0.25, -0.2) is 0 Å². The van der Waals surface area contributed by atoms with Gasteiger partial charge >= 0.3 is 0 Å². The van der Waals surface area contributed by atoms with E-state index in [9.17, 15) is 0 Å². The van der Waals surface area contributed by atoms with Crippen LogP contribution in [0.3, 0.4) is 0 Å². The number of thiophene rings is 1. The molecule has 5 heteroatoms. The molecule has 0 saturated heterocycles. The number of hydrogen-bond acceptors (Lipinski definition) is 2. The highest BCUT2D eigenvalue weighted by molar-refractivity contribution is 9.11. The number of aliphatic imine (C=N–C) groups is 1. The average Bonchev–Trinajstić information content (AvgIpc) is 2.73. The van der Waals surface area contributed by atoms with Crippen molar-refractivity contribution in [3.63, 3.8) is 0 Å². The second kappa shape index (κ2) is 7.79. The molecule has 1 aromatic heterocycles. The lowest BCUT2D eigenvalue weighted by atomic mass is 10.1. The summed E-state index contributed by atoms with van der Waals surface area (Å²) in [6.07, 6.45) is 1.02. The second-order valence-electron chi connectivity index (χ2n) is 4.63. The number of nitrogens with one attached hydrogen (secondary N) is 2. The molecule has 1 unspecified atom stereocenters.